The Labute approximate surface area is 131 Å². The third-order valence-electron chi connectivity index (χ3n) is 2.95. The van der Waals surface area contributed by atoms with Gasteiger partial charge < -0.3 is 10.8 Å². The Kier molecular flexibility index (Phi) is 5.86. The summed E-state index contributed by atoms with van der Waals surface area (Å²) in [6.07, 6.45) is 2.57. The second kappa shape index (κ2) is 7.42. The summed E-state index contributed by atoms with van der Waals surface area (Å²) < 4.78 is 1.89. The molecule has 2 rings (SSSR count). The van der Waals surface area contributed by atoms with Crippen molar-refractivity contribution in [2.45, 2.75) is 20.7 Å². The summed E-state index contributed by atoms with van der Waals surface area (Å²) in [7, 11) is 0. The number of thioether (sulfide) groups is 2. The first-order valence-corrected chi connectivity index (χ1v) is 9.19. The molecule has 108 valence electrons. The predicted octanol–water partition coefficient (Wildman–Crippen LogP) is 2.59. The zero-order valence-electron chi connectivity index (χ0n) is 11.2. The van der Waals surface area contributed by atoms with Crippen LogP contribution in [0.4, 0.5) is 0 Å². The zero-order chi connectivity index (χ0) is 14.4. The van der Waals surface area contributed by atoms with E-state index < -0.39 is 5.60 Å². The molecule has 0 fully saturated rings. The Morgan fingerprint density at radius 2 is 1.95 bits per heavy atom. The molecule has 0 aliphatic carbocycles. The van der Waals surface area contributed by atoms with Crippen LogP contribution in [0, 0.1) is 0 Å². The van der Waals surface area contributed by atoms with E-state index in [0.29, 0.717) is 6.42 Å². The molecule has 1 aromatic carbocycles. The second-order valence-corrected chi connectivity index (χ2v) is 7.61. The van der Waals surface area contributed by atoms with Crippen LogP contribution in [0.1, 0.15) is 12.0 Å². The first-order chi connectivity index (χ1) is 9.68. The maximum atomic E-state index is 10.6. The molecule has 1 aromatic heterocycles. The van der Waals surface area contributed by atoms with E-state index in [1.54, 1.807) is 34.9 Å². The van der Waals surface area contributed by atoms with Crippen molar-refractivity contribution in [2.75, 3.05) is 18.6 Å². The SMILES string of the molecule is CSc1nnc(SCCC(O)(CN)c2ccccc2)s1. The highest BCUT2D eigenvalue weighted by Crippen LogP contribution is 2.31. The maximum Gasteiger partial charge on any atom is 0.175 e. The lowest BCUT2D eigenvalue weighted by molar-refractivity contribution is 0.0431. The summed E-state index contributed by atoms with van der Waals surface area (Å²) >= 11 is 4.78. The highest BCUT2D eigenvalue weighted by Gasteiger charge is 2.27. The van der Waals surface area contributed by atoms with E-state index in [4.69, 9.17) is 5.73 Å². The summed E-state index contributed by atoms with van der Waals surface area (Å²) in [6.45, 7) is 0.212. The van der Waals surface area contributed by atoms with Gasteiger partial charge in [-0.25, -0.2) is 0 Å². The molecule has 3 N–H and O–H groups in total. The molecule has 0 saturated heterocycles. The number of rotatable bonds is 7. The lowest BCUT2D eigenvalue weighted by atomic mass is 9.91. The van der Waals surface area contributed by atoms with Gasteiger partial charge in [0.15, 0.2) is 8.68 Å². The molecule has 0 aliphatic rings. The van der Waals surface area contributed by atoms with Gasteiger partial charge in [-0.05, 0) is 18.2 Å². The maximum absolute atomic E-state index is 10.6. The van der Waals surface area contributed by atoms with E-state index in [0.717, 1.165) is 20.0 Å². The Balaban J connectivity index is 1.94. The van der Waals surface area contributed by atoms with Crippen LogP contribution in [0.3, 0.4) is 0 Å². The van der Waals surface area contributed by atoms with Crippen molar-refractivity contribution in [1.82, 2.24) is 10.2 Å². The normalized spacial score (nSPS) is 14.2. The molecule has 0 amide bonds. The molecule has 4 nitrogen and oxygen atoms in total. The van der Waals surface area contributed by atoms with Gasteiger partial charge in [0.05, 0.1) is 0 Å². The second-order valence-electron chi connectivity index (χ2n) is 4.24. The molecule has 2 aromatic rings. The fourth-order valence-corrected chi connectivity index (χ4v) is 4.36. The third kappa shape index (κ3) is 3.95. The van der Waals surface area contributed by atoms with Crippen LogP contribution in [0.2, 0.25) is 0 Å². The highest BCUT2D eigenvalue weighted by atomic mass is 32.2. The van der Waals surface area contributed by atoms with E-state index in [1.807, 2.05) is 36.6 Å². The Bertz CT molecular complexity index is 535. The number of nitrogens with zero attached hydrogens (tertiary/aromatic N) is 2. The van der Waals surface area contributed by atoms with Gasteiger partial charge in [0.25, 0.3) is 0 Å². The topological polar surface area (TPSA) is 72.0 Å². The van der Waals surface area contributed by atoms with E-state index >= 15 is 0 Å². The number of benzene rings is 1. The molecule has 20 heavy (non-hydrogen) atoms. The Hall–Kier alpha value is -0.600. The van der Waals surface area contributed by atoms with E-state index in [1.165, 1.54) is 0 Å². The first kappa shape index (κ1) is 15.8. The average Bonchev–Trinajstić information content (AvgIpc) is 2.96. The van der Waals surface area contributed by atoms with Crippen LogP contribution >= 0.6 is 34.9 Å². The van der Waals surface area contributed by atoms with Gasteiger partial charge >= 0.3 is 0 Å². The largest absolute Gasteiger partial charge is 0.384 e. The van der Waals surface area contributed by atoms with Crippen LogP contribution in [0.15, 0.2) is 39.0 Å². The number of hydrogen-bond donors (Lipinski definition) is 2. The fraction of sp³-hybridized carbons (Fsp3) is 0.385. The van der Waals surface area contributed by atoms with Gasteiger partial charge in [-0.2, -0.15) is 0 Å². The summed E-state index contributed by atoms with van der Waals surface area (Å²) in [4.78, 5) is 0. The van der Waals surface area contributed by atoms with Crippen molar-refractivity contribution in [3.63, 3.8) is 0 Å². The summed E-state index contributed by atoms with van der Waals surface area (Å²) in [5.41, 5.74) is 5.65. The standard InChI is InChI=1S/C13H17N3OS3/c1-18-11-15-16-12(20-11)19-8-7-13(17,9-14)10-5-3-2-4-6-10/h2-6,17H,7-9,14H2,1H3. The van der Waals surface area contributed by atoms with Gasteiger partial charge in [0.2, 0.25) is 0 Å². The minimum absolute atomic E-state index is 0.212. The van der Waals surface area contributed by atoms with Crippen LogP contribution in [0.5, 0.6) is 0 Å². The first-order valence-electron chi connectivity index (χ1n) is 6.16. The molecule has 0 spiro atoms. The van der Waals surface area contributed by atoms with Crippen molar-refractivity contribution in [3.8, 4) is 0 Å². The minimum atomic E-state index is -0.971. The monoisotopic (exact) mass is 327 g/mol. The number of aromatic nitrogens is 2. The molecule has 0 aliphatic heterocycles. The molecular weight excluding hydrogens is 310 g/mol. The molecule has 7 heteroatoms. The van der Waals surface area contributed by atoms with Gasteiger partial charge in [-0.15, -0.1) is 10.2 Å². The highest BCUT2D eigenvalue weighted by molar-refractivity contribution is 8.02. The fourth-order valence-electron chi connectivity index (χ4n) is 1.76. The van der Waals surface area contributed by atoms with Gasteiger partial charge in [0, 0.05) is 12.3 Å². The van der Waals surface area contributed by atoms with Gasteiger partial charge in [-0.3, -0.25) is 0 Å². The summed E-state index contributed by atoms with van der Waals surface area (Å²) in [5.74, 6) is 0.756. The van der Waals surface area contributed by atoms with E-state index in [-0.39, 0.29) is 6.54 Å². The van der Waals surface area contributed by atoms with Crippen LogP contribution in [0.25, 0.3) is 0 Å². The summed E-state index contributed by atoms with van der Waals surface area (Å²) in [5, 5.41) is 18.8. The quantitative estimate of drug-likeness (QED) is 0.762. The van der Waals surface area contributed by atoms with Gasteiger partial charge in [0.1, 0.15) is 5.60 Å². The van der Waals surface area contributed by atoms with Crippen molar-refractivity contribution in [1.29, 1.82) is 0 Å². The zero-order valence-corrected chi connectivity index (χ0v) is 13.6. The lowest BCUT2D eigenvalue weighted by Crippen LogP contribution is -2.35. The van der Waals surface area contributed by atoms with E-state index in [9.17, 15) is 5.11 Å². The molecule has 1 heterocycles. The number of nitrogens with two attached hydrogens (primary N) is 1. The van der Waals surface area contributed by atoms with Crippen molar-refractivity contribution in [2.24, 2.45) is 5.73 Å². The van der Waals surface area contributed by atoms with Crippen molar-refractivity contribution in [3.05, 3.63) is 35.9 Å². The number of aliphatic hydroxyl groups is 1. The molecular formula is C13H17N3OS3. The molecule has 1 unspecified atom stereocenters. The lowest BCUT2D eigenvalue weighted by Gasteiger charge is -2.26. The Morgan fingerprint density at radius 3 is 2.55 bits per heavy atom. The van der Waals surface area contributed by atoms with Crippen molar-refractivity contribution < 1.29 is 5.11 Å². The smallest absolute Gasteiger partial charge is 0.175 e. The molecule has 0 bridgehead atoms. The van der Waals surface area contributed by atoms with E-state index in [2.05, 4.69) is 10.2 Å². The Morgan fingerprint density at radius 1 is 1.25 bits per heavy atom. The molecule has 0 radical (unpaired) electrons. The van der Waals surface area contributed by atoms with Crippen molar-refractivity contribution >= 4 is 34.9 Å². The minimum Gasteiger partial charge on any atom is -0.384 e. The van der Waals surface area contributed by atoms with Gasteiger partial charge in [-0.1, -0.05) is 65.2 Å². The average molecular weight is 328 g/mol. The molecule has 0 saturated carbocycles. The molecule has 1 atom stereocenters. The van der Waals surface area contributed by atoms with Crippen LogP contribution in [-0.4, -0.2) is 33.9 Å². The predicted molar refractivity (Wildman–Crippen MR) is 86.4 cm³/mol. The number of hydrogen-bond acceptors (Lipinski definition) is 7. The van der Waals surface area contributed by atoms with Crippen LogP contribution in [-0.2, 0) is 5.60 Å². The summed E-state index contributed by atoms with van der Waals surface area (Å²) in [6, 6.07) is 9.58. The van der Waals surface area contributed by atoms with Crippen LogP contribution < -0.4 is 5.73 Å². The third-order valence-corrected chi connectivity index (χ3v) is 5.99.